The molecule has 0 fully saturated rings. The summed E-state index contributed by atoms with van der Waals surface area (Å²) in [5.74, 6) is 0.274. The summed E-state index contributed by atoms with van der Waals surface area (Å²) in [6, 6.07) is 7.11. The fraction of sp³-hybridized carbons (Fsp3) is 0.300. The van der Waals surface area contributed by atoms with Crippen LogP contribution < -0.4 is 4.74 Å². The summed E-state index contributed by atoms with van der Waals surface area (Å²) in [6.07, 6.45) is 0.0538. The van der Waals surface area contributed by atoms with Crippen LogP contribution in [0.4, 0.5) is 0 Å². The van der Waals surface area contributed by atoms with Crippen molar-refractivity contribution in [2.75, 3.05) is 0 Å². The van der Waals surface area contributed by atoms with Crippen molar-refractivity contribution in [1.82, 2.24) is 0 Å². The van der Waals surface area contributed by atoms with Crippen LogP contribution in [0.25, 0.3) is 0 Å². The lowest BCUT2D eigenvalue weighted by Gasteiger charge is -2.12. The first kappa shape index (κ1) is 10.8. The highest BCUT2D eigenvalue weighted by atomic mass is 28.2. The number of para-hydroxylation sites is 1. The molecule has 1 aromatic rings. The van der Waals surface area contributed by atoms with E-state index in [1.165, 1.54) is 0 Å². The molecule has 76 valence electrons. The Balaban J connectivity index is 2.97. The summed E-state index contributed by atoms with van der Waals surface area (Å²) in [5.41, 5.74) is 0.496. The van der Waals surface area contributed by atoms with Crippen LogP contribution >= 0.6 is 0 Å². The zero-order valence-corrected chi connectivity index (χ0v) is 10.6. The van der Waals surface area contributed by atoms with Gasteiger partial charge in [-0.25, -0.2) is 4.79 Å². The molecular formula is C10H14O3Si. The molecular weight excluding hydrogens is 196 g/mol. The SMILES string of the molecule is CC(C)Oc1ccccc1C(=O)O[SiH3]. The molecule has 0 N–H and O–H groups in total. The first-order valence-corrected chi connectivity index (χ1v) is 5.30. The minimum atomic E-state index is -0.312. The average molecular weight is 210 g/mol. The van der Waals surface area contributed by atoms with E-state index in [1.807, 2.05) is 19.9 Å². The molecule has 3 nitrogen and oxygen atoms in total. The summed E-state index contributed by atoms with van der Waals surface area (Å²) >= 11 is 0. The number of carbonyl (C=O) groups excluding carboxylic acids is 1. The molecule has 0 bridgehead atoms. The third-order valence-electron chi connectivity index (χ3n) is 1.66. The molecule has 1 rings (SSSR count). The van der Waals surface area contributed by atoms with Gasteiger partial charge in [-0.1, -0.05) is 12.1 Å². The smallest absolute Gasteiger partial charge is 0.327 e. The fourth-order valence-corrected chi connectivity index (χ4v) is 1.32. The van der Waals surface area contributed by atoms with E-state index in [0.29, 0.717) is 21.8 Å². The Hall–Kier alpha value is -1.29. The van der Waals surface area contributed by atoms with Crippen LogP contribution in [0.5, 0.6) is 5.75 Å². The predicted molar refractivity (Wildman–Crippen MR) is 57.6 cm³/mol. The van der Waals surface area contributed by atoms with Gasteiger partial charge in [-0.2, -0.15) is 0 Å². The number of ether oxygens (including phenoxy) is 1. The zero-order chi connectivity index (χ0) is 10.6. The van der Waals surface area contributed by atoms with Gasteiger partial charge in [0.25, 0.3) is 0 Å². The van der Waals surface area contributed by atoms with Gasteiger partial charge < -0.3 is 9.16 Å². The quantitative estimate of drug-likeness (QED) is 0.696. The van der Waals surface area contributed by atoms with Crippen molar-refractivity contribution < 1.29 is 14.0 Å². The second-order valence-electron chi connectivity index (χ2n) is 3.15. The zero-order valence-electron chi connectivity index (χ0n) is 8.61. The summed E-state index contributed by atoms with van der Waals surface area (Å²) in [7, 11) is 0.399. The summed E-state index contributed by atoms with van der Waals surface area (Å²) in [4.78, 5) is 11.3. The monoisotopic (exact) mass is 210 g/mol. The molecule has 0 radical (unpaired) electrons. The molecule has 0 aromatic heterocycles. The Morgan fingerprint density at radius 1 is 1.36 bits per heavy atom. The van der Waals surface area contributed by atoms with Gasteiger partial charge in [-0.15, -0.1) is 0 Å². The maximum absolute atomic E-state index is 11.3. The number of hydrogen-bond donors (Lipinski definition) is 0. The van der Waals surface area contributed by atoms with Gasteiger partial charge in [0.1, 0.15) is 11.3 Å². The molecule has 14 heavy (non-hydrogen) atoms. The highest BCUT2D eigenvalue weighted by molar-refractivity contribution is 6.10. The largest absolute Gasteiger partial charge is 0.525 e. The van der Waals surface area contributed by atoms with Crippen LogP contribution in [0.1, 0.15) is 24.2 Å². The third-order valence-corrected chi connectivity index (χ3v) is 2.03. The van der Waals surface area contributed by atoms with Crippen molar-refractivity contribution in [3.8, 4) is 5.75 Å². The van der Waals surface area contributed by atoms with Crippen LogP contribution in [0.3, 0.4) is 0 Å². The highest BCUT2D eigenvalue weighted by Crippen LogP contribution is 2.19. The first-order chi connectivity index (χ1) is 6.65. The lowest BCUT2D eigenvalue weighted by molar-refractivity contribution is 0.0743. The Bertz CT molecular complexity index is 323. The Kier molecular flexibility index (Phi) is 3.70. The number of benzene rings is 1. The molecule has 0 saturated carbocycles. The van der Waals surface area contributed by atoms with Crippen LogP contribution in [0.2, 0.25) is 0 Å². The van der Waals surface area contributed by atoms with Crippen LogP contribution in [-0.2, 0) is 4.43 Å². The lowest BCUT2D eigenvalue weighted by Crippen LogP contribution is -2.11. The first-order valence-electron chi connectivity index (χ1n) is 4.49. The number of rotatable bonds is 3. The Labute approximate surface area is 86.6 Å². The van der Waals surface area contributed by atoms with Crippen molar-refractivity contribution in [1.29, 1.82) is 0 Å². The summed E-state index contributed by atoms with van der Waals surface area (Å²) in [5, 5.41) is 0. The molecule has 0 aliphatic heterocycles. The molecule has 0 amide bonds. The van der Waals surface area contributed by atoms with E-state index in [0.717, 1.165) is 0 Å². The van der Waals surface area contributed by atoms with Gasteiger partial charge in [-0.3, -0.25) is 0 Å². The molecule has 1 aromatic carbocycles. The molecule has 0 atom stereocenters. The Morgan fingerprint density at radius 2 is 2.00 bits per heavy atom. The van der Waals surface area contributed by atoms with Gasteiger partial charge in [0.15, 0.2) is 0 Å². The van der Waals surface area contributed by atoms with E-state index >= 15 is 0 Å². The molecule has 0 unspecified atom stereocenters. The lowest BCUT2D eigenvalue weighted by atomic mass is 10.2. The van der Waals surface area contributed by atoms with Crippen molar-refractivity contribution >= 4 is 16.5 Å². The van der Waals surface area contributed by atoms with Crippen molar-refractivity contribution in [2.45, 2.75) is 20.0 Å². The normalized spacial score (nSPS) is 10.2. The number of hydrogen-bond acceptors (Lipinski definition) is 3. The van der Waals surface area contributed by atoms with E-state index in [9.17, 15) is 4.79 Å². The van der Waals surface area contributed by atoms with Crippen LogP contribution in [-0.4, -0.2) is 22.6 Å². The molecule has 0 aliphatic rings. The van der Waals surface area contributed by atoms with E-state index < -0.39 is 0 Å². The second kappa shape index (κ2) is 4.81. The maximum atomic E-state index is 11.3. The van der Waals surface area contributed by atoms with E-state index in [1.54, 1.807) is 18.2 Å². The van der Waals surface area contributed by atoms with Crippen molar-refractivity contribution in [3.63, 3.8) is 0 Å². The van der Waals surface area contributed by atoms with Gasteiger partial charge >= 0.3 is 5.97 Å². The van der Waals surface area contributed by atoms with Gasteiger partial charge in [0.05, 0.1) is 6.10 Å². The minimum Gasteiger partial charge on any atom is -0.525 e. The molecule has 4 heteroatoms. The van der Waals surface area contributed by atoms with E-state index in [2.05, 4.69) is 0 Å². The molecule has 0 spiro atoms. The highest BCUT2D eigenvalue weighted by Gasteiger charge is 2.11. The summed E-state index contributed by atoms with van der Waals surface area (Å²) in [6.45, 7) is 3.84. The van der Waals surface area contributed by atoms with E-state index in [-0.39, 0.29) is 12.1 Å². The Morgan fingerprint density at radius 3 is 2.57 bits per heavy atom. The molecule has 0 heterocycles. The van der Waals surface area contributed by atoms with Gasteiger partial charge in [-0.05, 0) is 26.0 Å². The number of carbonyl (C=O) groups is 1. The van der Waals surface area contributed by atoms with Crippen molar-refractivity contribution in [2.24, 2.45) is 0 Å². The molecule has 0 aliphatic carbocycles. The predicted octanol–water partition coefficient (Wildman–Crippen LogP) is 0.911. The van der Waals surface area contributed by atoms with Crippen LogP contribution in [0, 0.1) is 0 Å². The standard InChI is InChI=1S/C10H14O3Si/c1-7(2)12-9-6-4-3-5-8(9)10(11)13-14/h3-7H,1-2,14H3. The van der Waals surface area contributed by atoms with Gasteiger partial charge in [0, 0.05) is 0 Å². The second-order valence-corrected chi connectivity index (χ2v) is 3.56. The van der Waals surface area contributed by atoms with Gasteiger partial charge in [0.2, 0.25) is 10.5 Å². The minimum absolute atomic E-state index is 0.0538. The van der Waals surface area contributed by atoms with Crippen molar-refractivity contribution in [3.05, 3.63) is 29.8 Å². The van der Waals surface area contributed by atoms with Crippen LogP contribution in [0.15, 0.2) is 24.3 Å². The summed E-state index contributed by atoms with van der Waals surface area (Å²) < 4.78 is 10.3. The third kappa shape index (κ3) is 2.60. The maximum Gasteiger partial charge on any atom is 0.327 e. The molecule has 0 saturated heterocycles. The van der Waals surface area contributed by atoms with E-state index in [4.69, 9.17) is 9.16 Å². The average Bonchev–Trinajstić information content (AvgIpc) is 2.16. The fourth-order valence-electron chi connectivity index (χ4n) is 1.10. The topological polar surface area (TPSA) is 35.5 Å².